The molecular weight excluding hydrogens is 289 g/mol. The largest absolute Gasteiger partial charge is 0.379 e. The Labute approximate surface area is 113 Å². The lowest BCUT2D eigenvalue weighted by Crippen LogP contribution is -2.09. The molecule has 0 aliphatic rings. The molecule has 0 saturated heterocycles. The zero-order chi connectivity index (χ0) is 14.8. The van der Waals surface area contributed by atoms with Gasteiger partial charge in [-0.3, -0.25) is 10.1 Å². The predicted molar refractivity (Wildman–Crippen MR) is 67.3 cm³/mol. The van der Waals surface area contributed by atoms with Crippen molar-refractivity contribution in [2.45, 2.75) is 4.90 Å². The average molecular weight is 297 g/mol. The first kappa shape index (κ1) is 13.9. The van der Waals surface area contributed by atoms with Crippen LogP contribution in [0.2, 0.25) is 0 Å². The Morgan fingerprint density at radius 2 is 1.75 bits per heavy atom. The third-order valence-corrected chi connectivity index (χ3v) is 3.58. The van der Waals surface area contributed by atoms with Crippen molar-refractivity contribution < 1.29 is 21.9 Å². The topological polar surface area (TPSA) is 86.5 Å². The fraction of sp³-hybridized carbons (Fsp3) is 0. The van der Waals surface area contributed by atoms with Crippen LogP contribution in [0.25, 0.3) is 0 Å². The highest BCUT2D eigenvalue weighted by Gasteiger charge is 2.17. The molecule has 0 aliphatic heterocycles. The molecule has 20 heavy (non-hydrogen) atoms. The summed E-state index contributed by atoms with van der Waals surface area (Å²) in [4.78, 5) is 9.50. The maximum atomic E-state index is 13.0. The van der Waals surface area contributed by atoms with E-state index in [0.717, 1.165) is 36.4 Å². The van der Waals surface area contributed by atoms with E-state index >= 15 is 0 Å². The summed E-state index contributed by atoms with van der Waals surface area (Å²) < 4.78 is 41.4. The van der Waals surface area contributed by atoms with E-state index in [-0.39, 0.29) is 16.3 Å². The summed E-state index contributed by atoms with van der Waals surface area (Å²) >= 11 is 0. The Balaban J connectivity index is 2.26. The number of non-ortho nitro benzene ring substituents is 1. The van der Waals surface area contributed by atoms with Crippen LogP contribution in [0.3, 0.4) is 0 Å². The minimum Gasteiger partial charge on any atom is -0.379 e. The fourth-order valence-electron chi connectivity index (χ4n) is 1.42. The molecular formula is C12H8FNO5S. The van der Waals surface area contributed by atoms with Crippen LogP contribution < -0.4 is 4.18 Å². The Morgan fingerprint density at radius 1 is 1.10 bits per heavy atom. The lowest BCUT2D eigenvalue weighted by atomic mass is 10.3. The van der Waals surface area contributed by atoms with Gasteiger partial charge in [0.1, 0.15) is 16.5 Å². The zero-order valence-electron chi connectivity index (χ0n) is 9.89. The Kier molecular flexibility index (Phi) is 3.66. The smallest absolute Gasteiger partial charge is 0.339 e. The van der Waals surface area contributed by atoms with Crippen LogP contribution in [0.1, 0.15) is 0 Å². The first-order valence-electron chi connectivity index (χ1n) is 5.33. The second-order valence-electron chi connectivity index (χ2n) is 3.75. The van der Waals surface area contributed by atoms with Crippen molar-refractivity contribution in [2.24, 2.45) is 0 Å². The molecule has 0 spiro atoms. The minimum absolute atomic E-state index is 0.0974. The Hall–Kier alpha value is -2.48. The molecule has 0 atom stereocenters. The number of nitro groups is 1. The van der Waals surface area contributed by atoms with Crippen LogP contribution >= 0.6 is 0 Å². The van der Waals surface area contributed by atoms with Crippen molar-refractivity contribution in [3.05, 3.63) is 64.5 Å². The Bertz CT molecular complexity index is 743. The van der Waals surface area contributed by atoms with Gasteiger partial charge < -0.3 is 4.18 Å². The van der Waals surface area contributed by atoms with Gasteiger partial charge in [0.2, 0.25) is 0 Å². The molecule has 0 aromatic heterocycles. The summed E-state index contributed by atoms with van der Waals surface area (Å²) in [5, 5.41) is 10.5. The van der Waals surface area contributed by atoms with Gasteiger partial charge in [-0.05, 0) is 30.3 Å². The minimum atomic E-state index is -4.18. The van der Waals surface area contributed by atoms with Gasteiger partial charge in [0.25, 0.3) is 5.69 Å². The first-order valence-corrected chi connectivity index (χ1v) is 6.74. The van der Waals surface area contributed by atoms with E-state index < -0.39 is 20.9 Å². The molecule has 0 saturated carbocycles. The van der Waals surface area contributed by atoms with Gasteiger partial charge in [-0.15, -0.1) is 0 Å². The van der Waals surface area contributed by atoms with Crippen LogP contribution in [-0.2, 0) is 10.1 Å². The fourth-order valence-corrected chi connectivity index (χ4v) is 2.38. The summed E-state index contributed by atoms with van der Waals surface area (Å²) in [7, 11) is -4.18. The molecule has 2 rings (SSSR count). The van der Waals surface area contributed by atoms with E-state index in [0.29, 0.717) is 0 Å². The van der Waals surface area contributed by atoms with Crippen LogP contribution in [0, 0.1) is 15.9 Å². The van der Waals surface area contributed by atoms with Gasteiger partial charge in [0, 0.05) is 12.1 Å². The molecule has 0 aliphatic carbocycles. The predicted octanol–water partition coefficient (Wildman–Crippen LogP) is 2.50. The normalized spacial score (nSPS) is 11.1. The second-order valence-corrected chi connectivity index (χ2v) is 5.29. The number of benzene rings is 2. The third-order valence-electron chi connectivity index (χ3n) is 2.34. The number of hydrogen-bond acceptors (Lipinski definition) is 5. The van der Waals surface area contributed by atoms with Crippen molar-refractivity contribution in [2.75, 3.05) is 0 Å². The van der Waals surface area contributed by atoms with Gasteiger partial charge in [-0.1, -0.05) is 6.07 Å². The molecule has 0 heterocycles. The lowest BCUT2D eigenvalue weighted by Gasteiger charge is -2.06. The van der Waals surface area contributed by atoms with Crippen molar-refractivity contribution in [1.29, 1.82) is 0 Å². The van der Waals surface area contributed by atoms with E-state index in [9.17, 15) is 22.9 Å². The average Bonchev–Trinajstić information content (AvgIpc) is 2.39. The zero-order valence-corrected chi connectivity index (χ0v) is 10.7. The molecule has 0 amide bonds. The first-order chi connectivity index (χ1) is 9.38. The van der Waals surface area contributed by atoms with Gasteiger partial charge >= 0.3 is 10.1 Å². The molecule has 104 valence electrons. The van der Waals surface area contributed by atoms with Crippen molar-refractivity contribution in [3.63, 3.8) is 0 Å². The monoisotopic (exact) mass is 297 g/mol. The van der Waals surface area contributed by atoms with Crippen LogP contribution in [0.15, 0.2) is 53.4 Å². The van der Waals surface area contributed by atoms with E-state index in [1.165, 1.54) is 12.1 Å². The molecule has 0 N–H and O–H groups in total. The summed E-state index contributed by atoms with van der Waals surface area (Å²) in [5.41, 5.74) is -0.194. The number of nitrogens with zero attached hydrogens (tertiary/aromatic N) is 1. The van der Waals surface area contributed by atoms with Crippen LogP contribution in [0.4, 0.5) is 10.1 Å². The van der Waals surface area contributed by atoms with Crippen LogP contribution in [-0.4, -0.2) is 13.3 Å². The highest BCUT2D eigenvalue weighted by molar-refractivity contribution is 7.87. The van der Waals surface area contributed by atoms with E-state index in [2.05, 4.69) is 0 Å². The maximum absolute atomic E-state index is 13.0. The second kappa shape index (κ2) is 5.25. The summed E-state index contributed by atoms with van der Waals surface area (Å²) in [6.45, 7) is 0. The number of halogens is 1. The molecule has 0 unspecified atom stereocenters. The number of nitro benzene ring substituents is 1. The summed E-state index contributed by atoms with van der Waals surface area (Å²) in [6.07, 6.45) is 0. The van der Waals surface area contributed by atoms with Gasteiger partial charge in [0.15, 0.2) is 0 Å². The molecule has 6 nitrogen and oxygen atoms in total. The van der Waals surface area contributed by atoms with Gasteiger partial charge in [0.05, 0.1) is 4.92 Å². The highest BCUT2D eigenvalue weighted by Crippen LogP contribution is 2.21. The molecule has 2 aromatic carbocycles. The summed E-state index contributed by atoms with van der Waals surface area (Å²) in [6, 6.07) is 8.85. The third kappa shape index (κ3) is 3.09. The molecule has 0 fully saturated rings. The van der Waals surface area contributed by atoms with E-state index in [1.54, 1.807) is 0 Å². The van der Waals surface area contributed by atoms with Crippen molar-refractivity contribution >= 4 is 15.8 Å². The molecule has 0 radical (unpaired) electrons. The maximum Gasteiger partial charge on any atom is 0.339 e. The van der Waals surface area contributed by atoms with Crippen LogP contribution in [0.5, 0.6) is 5.75 Å². The number of rotatable bonds is 4. The SMILES string of the molecule is O=[N+]([O-])c1ccc(OS(=O)(=O)c2cccc(F)c2)cc1. The standard InChI is InChI=1S/C12H8FNO5S/c13-9-2-1-3-12(8-9)20(17,18)19-11-6-4-10(5-7-11)14(15)16/h1-8H. The molecule has 8 heteroatoms. The summed E-state index contributed by atoms with van der Waals surface area (Å²) in [5.74, 6) is -0.807. The van der Waals surface area contributed by atoms with Gasteiger partial charge in [-0.2, -0.15) is 8.42 Å². The molecule has 0 bridgehead atoms. The van der Waals surface area contributed by atoms with E-state index in [4.69, 9.17) is 4.18 Å². The van der Waals surface area contributed by atoms with Gasteiger partial charge in [-0.25, -0.2) is 4.39 Å². The molecule has 2 aromatic rings. The number of hydrogen-bond donors (Lipinski definition) is 0. The van der Waals surface area contributed by atoms with E-state index in [1.807, 2.05) is 0 Å². The van der Waals surface area contributed by atoms with Crippen molar-refractivity contribution in [1.82, 2.24) is 0 Å². The Morgan fingerprint density at radius 3 is 2.30 bits per heavy atom. The lowest BCUT2D eigenvalue weighted by molar-refractivity contribution is -0.384. The van der Waals surface area contributed by atoms with Crippen molar-refractivity contribution in [3.8, 4) is 5.75 Å². The highest BCUT2D eigenvalue weighted by atomic mass is 32.2. The quantitative estimate of drug-likeness (QED) is 0.491.